The predicted octanol–water partition coefficient (Wildman–Crippen LogP) is 3.08. The summed E-state index contributed by atoms with van der Waals surface area (Å²) in [5, 5.41) is 0. The summed E-state index contributed by atoms with van der Waals surface area (Å²) in [4.78, 5) is 30.3. The van der Waals surface area contributed by atoms with Crippen LogP contribution in [-0.4, -0.2) is 51.9 Å². The van der Waals surface area contributed by atoms with Gasteiger partial charge < -0.3 is 20.0 Å². The van der Waals surface area contributed by atoms with Crippen LogP contribution in [0.25, 0.3) is 33.3 Å². The first-order valence-electron chi connectivity index (χ1n) is 10.6. The summed E-state index contributed by atoms with van der Waals surface area (Å²) in [6.07, 6.45) is 4.04. The molecule has 0 unspecified atom stereocenters. The van der Waals surface area contributed by atoms with Crippen LogP contribution < -0.4 is 10.6 Å². The fraction of sp³-hybridized carbons (Fsp3) is 0.304. The molecule has 2 aromatic carbocycles. The Morgan fingerprint density at radius 1 is 0.968 bits per heavy atom. The van der Waals surface area contributed by atoms with E-state index in [2.05, 4.69) is 14.9 Å². The van der Waals surface area contributed by atoms with Crippen LogP contribution in [0.15, 0.2) is 47.0 Å². The fourth-order valence-electron chi connectivity index (χ4n) is 4.48. The van der Waals surface area contributed by atoms with Crippen molar-refractivity contribution >= 4 is 39.9 Å². The SMILES string of the molecule is Nc1nc2cc(-c3ccc4ncc(N5CC(C(=O)N6CCCC6)C5)nc4c3)ccc2o1. The minimum atomic E-state index is 0.0727. The number of nitrogens with two attached hydrogens (primary N) is 1. The highest BCUT2D eigenvalue weighted by Crippen LogP contribution is 2.30. The first kappa shape index (κ1) is 18.1. The second kappa shape index (κ2) is 6.94. The van der Waals surface area contributed by atoms with E-state index >= 15 is 0 Å². The quantitative estimate of drug-likeness (QED) is 0.550. The highest BCUT2D eigenvalue weighted by Gasteiger charge is 2.36. The van der Waals surface area contributed by atoms with Gasteiger partial charge in [0.05, 0.1) is 23.1 Å². The number of carbonyl (C=O) groups excluding carboxylic acids is 1. The Kier molecular flexibility index (Phi) is 4.05. The van der Waals surface area contributed by atoms with E-state index in [9.17, 15) is 4.79 Å². The van der Waals surface area contributed by atoms with Crippen molar-refractivity contribution in [1.82, 2.24) is 19.9 Å². The number of nitrogen functional groups attached to an aromatic ring is 1. The molecule has 0 spiro atoms. The molecule has 0 saturated carbocycles. The maximum Gasteiger partial charge on any atom is 0.292 e. The maximum absolute atomic E-state index is 12.6. The summed E-state index contributed by atoms with van der Waals surface area (Å²) in [5.41, 5.74) is 10.7. The Hall–Kier alpha value is -3.68. The van der Waals surface area contributed by atoms with E-state index < -0.39 is 0 Å². The van der Waals surface area contributed by atoms with Crippen LogP contribution in [0.4, 0.5) is 11.8 Å². The van der Waals surface area contributed by atoms with Crippen LogP contribution in [0, 0.1) is 5.92 Å². The molecule has 1 amide bonds. The molecule has 31 heavy (non-hydrogen) atoms. The number of amides is 1. The van der Waals surface area contributed by atoms with E-state index in [1.54, 1.807) is 6.20 Å². The number of aromatic nitrogens is 3. The largest absolute Gasteiger partial charge is 0.424 e. The fourth-order valence-corrected chi connectivity index (χ4v) is 4.48. The third kappa shape index (κ3) is 3.15. The Balaban J connectivity index is 1.25. The number of rotatable bonds is 3. The molecule has 8 heteroatoms. The molecule has 6 rings (SSSR count). The Morgan fingerprint density at radius 3 is 2.52 bits per heavy atom. The second-order valence-electron chi connectivity index (χ2n) is 8.30. The van der Waals surface area contributed by atoms with Crippen molar-refractivity contribution in [3.8, 4) is 11.1 Å². The molecule has 8 nitrogen and oxygen atoms in total. The van der Waals surface area contributed by atoms with Crippen molar-refractivity contribution < 1.29 is 9.21 Å². The second-order valence-corrected chi connectivity index (χ2v) is 8.30. The van der Waals surface area contributed by atoms with Gasteiger partial charge in [0.25, 0.3) is 6.01 Å². The van der Waals surface area contributed by atoms with E-state index in [1.165, 1.54) is 0 Å². The lowest BCUT2D eigenvalue weighted by molar-refractivity contribution is -0.135. The van der Waals surface area contributed by atoms with Crippen molar-refractivity contribution in [2.45, 2.75) is 12.8 Å². The molecule has 4 aromatic rings. The first-order chi connectivity index (χ1) is 15.1. The van der Waals surface area contributed by atoms with Gasteiger partial charge in [0.15, 0.2) is 5.58 Å². The van der Waals surface area contributed by atoms with Gasteiger partial charge in [-0.15, -0.1) is 0 Å². The average molecular weight is 414 g/mol. The molecule has 0 radical (unpaired) electrons. The van der Waals surface area contributed by atoms with Crippen molar-refractivity contribution in [1.29, 1.82) is 0 Å². The third-order valence-electron chi connectivity index (χ3n) is 6.24. The van der Waals surface area contributed by atoms with E-state index in [4.69, 9.17) is 15.1 Å². The van der Waals surface area contributed by atoms with E-state index in [-0.39, 0.29) is 17.8 Å². The molecule has 2 aromatic heterocycles. The van der Waals surface area contributed by atoms with Gasteiger partial charge in [-0.1, -0.05) is 12.1 Å². The topological polar surface area (TPSA) is 101 Å². The Bertz CT molecular complexity index is 1300. The first-order valence-corrected chi connectivity index (χ1v) is 10.6. The van der Waals surface area contributed by atoms with Gasteiger partial charge in [0, 0.05) is 26.2 Å². The molecular formula is C23H22N6O2. The maximum atomic E-state index is 12.6. The van der Waals surface area contributed by atoms with Crippen molar-refractivity contribution in [2.75, 3.05) is 36.8 Å². The summed E-state index contributed by atoms with van der Waals surface area (Å²) >= 11 is 0. The van der Waals surface area contributed by atoms with Gasteiger partial charge in [0.2, 0.25) is 5.91 Å². The van der Waals surface area contributed by atoms with Gasteiger partial charge in [-0.05, 0) is 48.2 Å². The molecular weight excluding hydrogens is 392 g/mol. The number of carbonyl (C=O) groups is 1. The molecule has 0 bridgehead atoms. The smallest absolute Gasteiger partial charge is 0.292 e. The Labute approximate surface area is 178 Å². The molecule has 0 atom stereocenters. The molecule has 156 valence electrons. The molecule has 2 aliphatic rings. The number of fused-ring (bicyclic) bond motifs is 2. The highest BCUT2D eigenvalue weighted by atomic mass is 16.4. The summed E-state index contributed by atoms with van der Waals surface area (Å²) < 4.78 is 5.36. The van der Waals surface area contributed by atoms with Gasteiger partial charge >= 0.3 is 0 Å². The monoisotopic (exact) mass is 414 g/mol. The molecule has 0 aliphatic carbocycles. The number of hydrogen-bond donors (Lipinski definition) is 1. The lowest BCUT2D eigenvalue weighted by Crippen LogP contribution is -2.54. The molecule has 4 heterocycles. The molecule has 2 aliphatic heterocycles. The number of hydrogen-bond acceptors (Lipinski definition) is 7. The van der Waals surface area contributed by atoms with E-state index in [0.717, 1.165) is 59.4 Å². The van der Waals surface area contributed by atoms with E-state index in [0.29, 0.717) is 18.7 Å². The average Bonchev–Trinajstić information content (AvgIpc) is 3.40. The van der Waals surface area contributed by atoms with Crippen molar-refractivity contribution in [2.24, 2.45) is 5.92 Å². The third-order valence-corrected chi connectivity index (χ3v) is 6.24. The number of likely N-dealkylation sites (tertiary alicyclic amines) is 1. The van der Waals surface area contributed by atoms with Gasteiger partial charge in [-0.25, -0.2) is 4.98 Å². The molecule has 2 N–H and O–H groups in total. The van der Waals surface area contributed by atoms with E-state index in [1.807, 2.05) is 41.3 Å². The lowest BCUT2D eigenvalue weighted by Gasteiger charge is -2.40. The lowest BCUT2D eigenvalue weighted by atomic mass is 9.98. The number of benzene rings is 2. The zero-order valence-electron chi connectivity index (χ0n) is 17.0. The zero-order valence-corrected chi connectivity index (χ0v) is 17.0. The summed E-state index contributed by atoms with van der Waals surface area (Å²) in [7, 11) is 0. The van der Waals surface area contributed by atoms with Crippen molar-refractivity contribution in [3.05, 3.63) is 42.6 Å². The number of oxazole rings is 1. The van der Waals surface area contributed by atoms with Crippen LogP contribution in [-0.2, 0) is 4.79 Å². The predicted molar refractivity (Wildman–Crippen MR) is 118 cm³/mol. The van der Waals surface area contributed by atoms with Gasteiger partial charge in [-0.2, -0.15) is 4.98 Å². The zero-order chi connectivity index (χ0) is 20.9. The van der Waals surface area contributed by atoms with Crippen LogP contribution in [0.5, 0.6) is 0 Å². The standard InChI is InChI=1S/C23H22N6O2/c24-23-27-19-10-15(4-6-20(19)31-23)14-3-5-17-18(9-14)26-21(11-25-17)29-12-16(13-29)22(30)28-7-1-2-8-28/h3-6,9-11,16H,1-2,7-8,12-13H2,(H2,24,27). The van der Waals surface area contributed by atoms with Gasteiger partial charge in [-0.3, -0.25) is 9.78 Å². The summed E-state index contributed by atoms with van der Waals surface area (Å²) in [5.74, 6) is 1.17. The number of anilines is 2. The molecule has 2 fully saturated rings. The minimum absolute atomic E-state index is 0.0727. The Morgan fingerprint density at radius 2 is 1.71 bits per heavy atom. The molecule has 2 saturated heterocycles. The van der Waals surface area contributed by atoms with Crippen LogP contribution in [0.3, 0.4) is 0 Å². The van der Waals surface area contributed by atoms with Crippen LogP contribution in [0.1, 0.15) is 12.8 Å². The number of nitrogens with zero attached hydrogens (tertiary/aromatic N) is 5. The highest BCUT2D eigenvalue weighted by molar-refractivity contribution is 5.86. The van der Waals surface area contributed by atoms with Crippen LogP contribution >= 0.6 is 0 Å². The normalized spacial score (nSPS) is 16.9. The minimum Gasteiger partial charge on any atom is -0.424 e. The summed E-state index contributed by atoms with van der Waals surface area (Å²) in [6.45, 7) is 3.22. The van der Waals surface area contributed by atoms with Gasteiger partial charge in [0.1, 0.15) is 11.3 Å². The summed E-state index contributed by atoms with van der Waals surface area (Å²) in [6, 6.07) is 12.0. The van der Waals surface area contributed by atoms with Crippen molar-refractivity contribution in [3.63, 3.8) is 0 Å². The van der Waals surface area contributed by atoms with Crippen LogP contribution in [0.2, 0.25) is 0 Å².